The molecule has 1 heterocycles. The summed E-state index contributed by atoms with van der Waals surface area (Å²) in [5, 5.41) is 4.37. The van der Waals surface area contributed by atoms with Crippen LogP contribution in [0.5, 0.6) is 0 Å². The SMILES string of the molecule is O=C1NC(=Nc2ccccc2I)S/C1=C/c1ccc(Cl)cc1Cl. The average molecular weight is 475 g/mol. The minimum atomic E-state index is -0.189. The molecule has 0 atom stereocenters. The summed E-state index contributed by atoms with van der Waals surface area (Å²) in [6.45, 7) is 0. The van der Waals surface area contributed by atoms with E-state index in [1.54, 1.807) is 24.3 Å². The highest BCUT2D eigenvalue weighted by molar-refractivity contribution is 14.1. The first-order valence-corrected chi connectivity index (χ1v) is 9.17. The third kappa shape index (κ3) is 4.09. The standard InChI is InChI=1S/C16H9Cl2IN2OS/c17-10-6-5-9(11(18)8-10)7-14-15(22)21-16(23-14)20-13-4-2-1-3-12(13)19/h1-8H,(H,20,21,22)/b14-7+. The number of carbonyl (C=O) groups excluding carboxylic acids is 1. The maximum absolute atomic E-state index is 12.1. The van der Waals surface area contributed by atoms with Crippen LogP contribution in [0.1, 0.15) is 5.56 Å². The topological polar surface area (TPSA) is 41.5 Å². The first-order chi connectivity index (χ1) is 11.0. The molecule has 7 heteroatoms. The number of hydrogen-bond acceptors (Lipinski definition) is 3. The molecule has 116 valence electrons. The van der Waals surface area contributed by atoms with Gasteiger partial charge in [0.1, 0.15) is 0 Å². The van der Waals surface area contributed by atoms with Gasteiger partial charge >= 0.3 is 0 Å². The van der Waals surface area contributed by atoms with Gasteiger partial charge in [-0.15, -0.1) is 0 Å². The molecule has 23 heavy (non-hydrogen) atoms. The number of amides is 1. The van der Waals surface area contributed by atoms with Crippen molar-refractivity contribution in [3.8, 4) is 0 Å². The summed E-state index contributed by atoms with van der Waals surface area (Å²) in [7, 11) is 0. The number of rotatable bonds is 2. The summed E-state index contributed by atoms with van der Waals surface area (Å²) >= 11 is 15.5. The Bertz CT molecular complexity index is 852. The van der Waals surface area contributed by atoms with Gasteiger partial charge in [-0.25, -0.2) is 4.99 Å². The van der Waals surface area contributed by atoms with E-state index in [-0.39, 0.29) is 5.91 Å². The zero-order valence-corrected chi connectivity index (χ0v) is 16.0. The van der Waals surface area contributed by atoms with Crippen LogP contribution in [-0.4, -0.2) is 11.1 Å². The molecule has 3 nitrogen and oxygen atoms in total. The number of hydrogen-bond donors (Lipinski definition) is 1. The second-order valence-electron chi connectivity index (χ2n) is 4.60. The van der Waals surface area contributed by atoms with Gasteiger partial charge in [0.05, 0.1) is 10.6 Å². The molecule has 1 fully saturated rings. The first-order valence-electron chi connectivity index (χ1n) is 6.52. The number of nitrogens with zero attached hydrogens (tertiary/aromatic N) is 1. The maximum atomic E-state index is 12.1. The Hall–Kier alpha value is -1.02. The Kier molecular flexibility index (Phi) is 5.31. The quantitative estimate of drug-likeness (QED) is 0.461. The molecular formula is C16H9Cl2IN2OS. The Morgan fingerprint density at radius 2 is 1.96 bits per heavy atom. The fourth-order valence-corrected chi connectivity index (χ4v) is 3.69. The van der Waals surface area contributed by atoms with E-state index in [9.17, 15) is 4.79 Å². The molecule has 0 aromatic heterocycles. The van der Waals surface area contributed by atoms with Crippen molar-refractivity contribution in [2.75, 3.05) is 0 Å². The zero-order valence-electron chi connectivity index (χ0n) is 11.5. The van der Waals surface area contributed by atoms with Crippen LogP contribution in [0.2, 0.25) is 10.0 Å². The normalized spacial score (nSPS) is 17.8. The van der Waals surface area contributed by atoms with Crippen LogP contribution in [0.25, 0.3) is 6.08 Å². The molecule has 0 saturated carbocycles. The molecule has 0 aliphatic carbocycles. The predicted octanol–water partition coefficient (Wildman–Crippen LogP) is 5.49. The fraction of sp³-hybridized carbons (Fsp3) is 0. The number of amidine groups is 1. The number of para-hydroxylation sites is 1. The van der Waals surface area contributed by atoms with E-state index in [0.29, 0.717) is 20.1 Å². The highest BCUT2D eigenvalue weighted by Crippen LogP contribution is 2.31. The zero-order chi connectivity index (χ0) is 16.4. The van der Waals surface area contributed by atoms with Gasteiger partial charge in [-0.05, 0) is 70.3 Å². The van der Waals surface area contributed by atoms with Gasteiger partial charge < -0.3 is 5.32 Å². The molecule has 3 rings (SSSR count). The lowest BCUT2D eigenvalue weighted by Crippen LogP contribution is -2.19. The van der Waals surface area contributed by atoms with Gasteiger partial charge in [0, 0.05) is 13.6 Å². The number of halogens is 3. The van der Waals surface area contributed by atoms with E-state index in [0.717, 1.165) is 14.8 Å². The van der Waals surface area contributed by atoms with Crippen LogP contribution < -0.4 is 5.32 Å². The van der Waals surface area contributed by atoms with E-state index in [1.807, 2.05) is 24.3 Å². The van der Waals surface area contributed by atoms with Crippen molar-refractivity contribution in [2.45, 2.75) is 0 Å². The summed E-state index contributed by atoms with van der Waals surface area (Å²) in [6, 6.07) is 12.9. The summed E-state index contributed by atoms with van der Waals surface area (Å²) in [5.74, 6) is -0.189. The number of thioether (sulfide) groups is 1. The second-order valence-corrected chi connectivity index (χ2v) is 7.64. The van der Waals surface area contributed by atoms with Crippen molar-refractivity contribution < 1.29 is 4.79 Å². The summed E-state index contributed by atoms with van der Waals surface area (Å²) in [4.78, 5) is 17.1. The molecule has 0 unspecified atom stereocenters. The molecule has 1 amide bonds. The third-order valence-corrected chi connectivity index (χ3v) is 5.36. The van der Waals surface area contributed by atoms with Crippen molar-refractivity contribution in [2.24, 2.45) is 4.99 Å². The lowest BCUT2D eigenvalue weighted by molar-refractivity contribution is -0.115. The monoisotopic (exact) mass is 474 g/mol. The Balaban J connectivity index is 1.88. The number of carbonyl (C=O) groups is 1. The molecule has 0 radical (unpaired) electrons. The molecule has 1 N–H and O–H groups in total. The smallest absolute Gasteiger partial charge is 0.264 e. The van der Waals surface area contributed by atoms with Gasteiger partial charge in [0.25, 0.3) is 5.91 Å². The molecule has 1 saturated heterocycles. The largest absolute Gasteiger partial charge is 0.300 e. The van der Waals surface area contributed by atoms with E-state index < -0.39 is 0 Å². The molecule has 2 aromatic carbocycles. The van der Waals surface area contributed by atoms with Crippen molar-refractivity contribution in [1.29, 1.82) is 0 Å². The van der Waals surface area contributed by atoms with Crippen LogP contribution in [0, 0.1) is 3.57 Å². The number of nitrogens with one attached hydrogen (secondary N) is 1. The summed E-state index contributed by atoms with van der Waals surface area (Å²) in [5.41, 5.74) is 1.56. The number of aliphatic imine (C=N–C) groups is 1. The second kappa shape index (κ2) is 7.25. The van der Waals surface area contributed by atoms with Gasteiger partial charge in [0.15, 0.2) is 5.17 Å². The molecule has 1 aliphatic rings. The van der Waals surface area contributed by atoms with Crippen LogP contribution in [0.4, 0.5) is 5.69 Å². The number of benzene rings is 2. The lowest BCUT2D eigenvalue weighted by Gasteiger charge is -1.99. The molecule has 1 aliphatic heterocycles. The minimum Gasteiger partial charge on any atom is -0.300 e. The van der Waals surface area contributed by atoms with Gasteiger partial charge in [-0.2, -0.15) is 0 Å². The van der Waals surface area contributed by atoms with Crippen LogP contribution in [-0.2, 0) is 4.79 Å². The first kappa shape index (κ1) is 16.8. The van der Waals surface area contributed by atoms with Gasteiger partial charge in [-0.3, -0.25) is 4.79 Å². The maximum Gasteiger partial charge on any atom is 0.264 e. The van der Waals surface area contributed by atoms with Crippen molar-refractivity contribution in [3.63, 3.8) is 0 Å². The van der Waals surface area contributed by atoms with Crippen LogP contribution in [0.3, 0.4) is 0 Å². The highest BCUT2D eigenvalue weighted by Gasteiger charge is 2.24. The predicted molar refractivity (Wildman–Crippen MR) is 106 cm³/mol. The summed E-state index contributed by atoms with van der Waals surface area (Å²) in [6.07, 6.45) is 1.73. The van der Waals surface area contributed by atoms with Crippen LogP contribution >= 0.6 is 57.6 Å². The Morgan fingerprint density at radius 3 is 2.70 bits per heavy atom. The van der Waals surface area contributed by atoms with E-state index in [2.05, 4.69) is 32.9 Å². The van der Waals surface area contributed by atoms with Gasteiger partial charge in [-0.1, -0.05) is 41.4 Å². The Labute approximate surface area is 161 Å². The lowest BCUT2D eigenvalue weighted by atomic mass is 10.2. The minimum absolute atomic E-state index is 0.189. The molecule has 0 bridgehead atoms. The van der Waals surface area contributed by atoms with E-state index in [4.69, 9.17) is 23.2 Å². The van der Waals surface area contributed by atoms with Crippen LogP contribution in [0.15, 0.2) is 52.4 Å². The van der Waals surface area contributed by atoms with E-state index >= 15 is 0 Å². The fourth-order valence-electron chi connectivity index (χ4n) is 1.89. The molecular weight excluding hydrogens is 466 g/mol. The van der Waals surface area contributed by atoms with Crippen molar-refractivity contribution in [3.05, 3.63) is 66.5 Å². The van der Waals surface area contributed by atoms with Gasteiger partial charge in [0.2, 0.25) is 0 Å². The Morgan fingerprint density at radius 1 is 1.17 bits per heavy atom. The molecule has 2 aromatic rings. The van der Waals surface area contributed by atoms with Crippen molar-refractivity contribution >= 4 is 80.4 Å². The molecule has 0 spiro atoms. The van der Waals surface area contributed by atoms with Crippen molar-refractivity contribution in [1.82, 2.24) is 5.32 Å². The average Bonchev–Trinajstić information content (AvgIpc) is 2.84. The van der Waals surface area contributed by atoms with E-state index in [1.165, 1.54) is 11.8 Å². The highest BCUT2D eigenvalue weighted by atomic mass is 127. The third-order valence-electron chi connectivity index (χ3n) is 2.97. The summed E-state index contributed by atoms with van der Waals surface area (Å²) < 4.78 is 1.02.